The fourth-order valence-electron chi connectivity index (χ4n) is 5.04. The molecule has 4 amide bonds. The molecule has 3 aromatic carbocycles. The number of benzene rings is 3. The molecular formula is C38H52ClN7O7. The molecule has 3 aromatic rings. The van der Waals surface area contributed by atoms with Crippen LogP contribution in [0.2, 0.25) is 0 Å². The van der Waals surface area contributed by atoms with E-state index in [0.29, 0.717) is 64.0 Å². The van der Waals surface area contributed by atoms with E-state index in [1.807, 2.05) is 84.9 Å². The van der Waals surface area contributed by atoms with Crippen LogP contribution in [0.1, 0.15) is 55.2 Å². The summed E-state index contributed by atoms with van der Waals surface area (Å²) in [5.74, 6) is -0.685. The second kappa shape index (κ2) is 25.6. The summed E-state index contributed by atoms with van der Waals surface area (Å²) < 4.78 is 10.8. The van der Waals surface area contributed by atoms with Gasteiger partial charge in [-0.3, -0.25) is 15.0 Å². The number of alkyl carbamates (subject to hydrolysis) is 1. The summed E-state index contributed by atoms with van der Waals surface area (Å²) in [7, 11) is 0. The Morgan fingerprint density at radius 1 is 0.717 bits per heavy atom. The largest absolute Gasteiger partial charge is 0.445 e. The monoisotopic (exact) mass is 753 g/mol. The number of guanidine groups is 1. The molecule has 1 atom stereocenters. The smallest absolute Gasteiger partial charge is 0.410 e. The van der Waals surface area contributed by atoms with Crippen molar-refractivity contribution >= 4 is 48.1 Å². The van der Waals surface area contributed by atoms with E-state index in [1.165, 1.54) is 0 Å². The quantitative estimate of drug-likeness (QED) is 0.0439. The Hall–Kier alpha value is -5.34. The number of ether oxygens (including phenoxy) is 2. The van der Waals surface area contributed by atoms with Gasteiger partial charge in [0, 0.05) is 44.8 Å². The number of aliphatic hydroxyl groups is 1. The van der Waals surface area contributed by atoms with Gasteiger partial charge in [0.05, 0.1) is 12.5 Å². The highest BCUT2D eigenvalue weighted by molar-refractivity contribution is 5.89. The summed E-state index contributed by atoms with van der Waals surface area (Å²) in [6, 6.07) is 26.2. The molecule has 0 aromatic heterocycles. The van der Waals surface area contributed by atoms with Crippen LogP contribution in [0.4, 0.5) is 15.3 Å². The molecule has 0 fully saturated rings. The van der Waals surface area contributed by atoms with Gasteiger partial charge in [-0.05, 0) is 60.9 Å². The van der Waals surface area contributed by atoms with Crippen LogP contribution in [-0.4, -0.2) is 78.8 Å². The summed E-state index contributed by atoms with van der Waals surface area (Å²) in [5, 5.41) is 28.4. The topological polar surface area (TPSA) is 208 Å². The van der Waals surface area contributed by atoms with Crippen molar-refractivity contribution in [3.8, 4) is 0 Å². The Labute approximate surface area is 317 Å². The Kier molecular flexibility index (Phi) is 21.2. The van der Waals surface area contributed by atoms with Gasteiger partial charge in [0.15, 0.2) is 5.96 Å². The first kappa shape index (κ1) is 43.8. The van der Waals surface area contributed by atoms with E-state index in [2.05, 4.69) is 21.3 Å². The van der Waals surface area contributed by atoms with Gasteiger partial charge in [-0.2, -0.15) is 0 Å². The summed E-state index contributed by atoms with van der Waals surface area (Å²) in [4.78, 5) is 51.2. The van der Waals surface area contributed by atoms with Crippen LogP contribution < -0.4 is 27.0 Å². The number of carbonyl (C=O) groups excluding carboxylic acids is 4. The molecule has 14 nitrogen and oxygen atoms in total. The molecule has 0 heterocycles. The fraction of sp³-hybridized carbons (Fsp3) is 0.395. The molecule has 53 heavy (non-hydrogen) atoms. The Bertz CT molecular complexity index is 1530. The normalized spacial score (nSPS) is 10.9. The molecule has 3 rings (SSSR count). The van der Waals surface area contributed by atoms with Crippen molar-refractivity contribution < 1.29 is 33.8 Å². The third kappa shape index (κ3) is 19.7. The number of hydrogen-bond donors (Lipinski definition) is 7. The molecule has 0 aliphatic rings. The zero-order valence-electron chi connectivity index (χ0n) is 29.9. The van der Waals surface area contributed by atoms with Crippen molar-refractivity contribution in [2.45, 2.75) is 64.3 Å². The molecule has 0 spiro atoms. The first-order chi connectivity index (χ1) is 25.2. The average Bonchev–Trinajstić information content (AvgIpc) is 3.14. The number of aliphatic hydroxyl groups excluding tert-OH is 1. The van der Waals surface area contributed by atoms with Crippen molar-refractivity contribution in [3.63, 3.8) is 0 Å². The number of amides is 4. The lowest BCUT2D eigenvalue weighted by Crippen LogP contribution is -2.37. The van der Waals surface area contributed by atoms with E-state index >= 15 is 0 Å². The van der Waals surface area contributed by atoms with Crippen molar-refractivity contribution in [2.24, 2.45) is 5.73 Å². The highest BCUT2D eigenvalue weighted by atomic mass is 35.5. The van der Waals surface area contributed by atoms with Gasteiger partial charge in [0.1, 0.15) is 13.2 Å². The summed E-state index contributed by atoms with van der Waals surface area (Å²) >= 11 is 0. The number of nitrogens with two attached hydrogens (primary N) is 1. The second-order valence-corrected chi connectivity index (χ2v) is 12.2. The number of carbonyl (C=O) groups is 4. The first-order valence-corrected chi connectivity index (χ1v) is 17.5. The minimum absolute atomic E-state index is 0. The molecule has 0 saturated heterocycles. The van der Waals surface area contributed by atoms with Gasteiger partial charge in [-0.1, -0.05) is 72.8 Å². The van der Waals surface area contributed by atoms with Crippen LogP contribution in [-0.2, 0) is 38.7 Å². The number of unbranched alkanes of at least 4 members (excludes halogenated alkanes) is 1. The van der Waals surface area contributed by atoms with Crippen LogP contribution >= 0.6 is 12.4 Å². The molecule has 0 aliphatic heterocycles. The highest BCUT2D eigenvalue weighted by Gasteiger charge is 2.16. The highest BCUT2D eigenvalue weighted by Crippen LogP contribution is 2.12. The van der Waals surface area contributed by atoms with Gasteiger partial charge in [-0.25, -0.2) is 9.59 Å². The number of aryl methyl sites for hydroxylation is 1. The minimum Gasteiger partial charge on any atom is -0.445 e. The van der Waals surface area contributed by atoms with E-state index in [1.54, 1.807) is 4.90 Å². The second-order valence-electron chi connectivity index (χ2n) is 12.2. The van der Waals surface area contributed by atoms with Gasteiger partial charge in [0.25, 0.3) is 0 Å². The Morgan fingerprint density at radius 2 is 1.32 bits per heavy atom. The number of hydrogen-bond acceptors (Lipinski definition) is 8. The lowest BCUT2D eigenvalue weighted by molar-refractivity contribution is -0.125. The van der Waals surface area contributed by atoms with Crippen molar-refractivity contribution in [1.82, 2.24) is 20.9 Å². The third-order valence-electron chi connectivity index (χ3n) is 7.79. The van der Waals surface area contributed by atoms with Gasteiger partial charge < -0.3 is 46.5 Å². The standard InChI is InChI=1S/C38H51N7O7.ClH/c39-36(40)44-32-19-17-29(18-20-32)15-9-16-34(47)43-26-33(46)25-35(48)41-21-7-8-23-45(38(50)52-28-31-13-5-2-6-14-31)24-10-22-42-37(49)51-27-30-11-3-1-4-12-30;/h1-6,11-14,17-20,33,46H,7-10,15-16,21-28H2,(H,41,48)(H,42,49)(H,43,47)(H4,39,40,44);1H. The molecule has 0 aliphatic carbocycles. The molecular weight excluding hydrogens is 702 g/mol. The number of nitrogens with one attached hydrogen (secondary N) is 5. The third-order valence-corrected chi connectivity index (χ3v) is 7.79. The predicted molar refractivity (Wildman–Crippen MR) is 205 cm³/mol. The van der Waals surface area contributed by atoms with Crippen LogP contribution in [0.15, 0.2) is 84.9 Å². The molecule has 0 radical (unpaired) electrons. The summed E-state index contributed by atoms with van der Waals surface area (Å²) in [6.45, 7) is 1.67. The first-order valence-electron chi connectivity index (χ1n) is 17.5. The maximum atomic E-state index is 12.9. The lowest BCUT2D eigenvalue weighted by atomic mass is 10.1. The van der Waals surface area contributed by atoms with E-state index in [9.17, 15) is 24.3 Å². The van der Waals surface area contributed by atoms with E-state index in [0.717, 1.165) is 16.7 Å². The van der Waals surface area contributed by atoms with Crippen LogP contribution in [0.5, 0.6) is 0 Å². The zero-order chi connectivity index (χ0) is 37.4. The average molecular weight is 754 g/mol. The van der Waals surface area contributed by atoms with E-state index in [4.69, 9.17) is 20.6 Å². The maximum absolute atomic E-state index is 12.9. The van der Waals surface area contributed by atoms with Gasteiger partial charge in [-0.15, -0.1) is 12.4 Å². The van der Waals surface area contributed by atoms with E-state index < -0.39 is 18.3 Å². The number of nitrogens with zero attached hydrogens (tertiary/aromatic N) is 1. The van der Waals surface area contributed by atoms with Crippen LogP contribution in [0.25, 0.3) is 0 Å². The molecule has 288 valence electrons. The predicted octanol–water partition coefficient (Wildman–Crippen LogP) is 4.46. The van der Waals surface area contributed by atoms with Crippen LogP contribution in [0, 0.1) is 5.41 Å². The molecule has 1 unspecified atom stereocenters. The van der Waals surface area contributed by atoms with Crippen LogP contribution in [0.3, 0.4) is 0 Å². The number of anilines is 1. The molecule has 0 bridgehead atoms. The van der Waals surface area contributed by atoms with Gasteiger partial charge >= 0.3 is 12.2 Å². The summed E-state index contributed by atoms with van der Waals surface area (Å²) in [5.41, 5.74) is 8.83. The Morgan fingerprint density at radius 3 is 1.96 bits per heavy atom. The fourth-order valence-corrected chi connectivity index (χ4v) is 5.04. The van der Waals surface area contributed by atoms with E-state index in [-0.39, 0.29) is 62.8 Å². The van der Waals surface area contributed by atoms with Gasteiger partial charge in [0.2, 0.25) is 11.8 Å². The maximum Gasteiger partial charge on any atom is 0.410 e. The summed E-state index contributed by atoms with van der Waals surface area (Å²) in [6.07, 6.45) is 1.06. The number of halogens is 1. The molecule has 15 heteroatoms. The number of rotatable bonds is 22. The molecule has 8 N–H and O–H groups in total. The minimum atomic E-state index is -1.02. The lowest BCUT2D eigenvalue weighted by Gasteiger charge is -2.22. The van der Waals surface area contributed by atoms with Crippen molar-refractivity contribution in [1.29, 1.82) is 5.41 Å². The zero-order valence-corrected chi connectivity index (χ0v) is 30.7. The SMILES string of the molecule is Cl.N=C(N)Nc1ccc(CCCC(=O)NCC(O)CC(=O)NCCCCN(CCCNC(=O)OCc2ccccc2)C(=O)OCc2ccccc2)cc1. The molecule has 0 saturated carbocycles. The Balaban J connectivity index is 0.00000972. The van der Waals surface area contributed by atoms with Crippen molar-refractivity contribution in [2.75, 3.05) is 38.0 Å². The van der Waals surface area contributed by atoms with Crippen molar-refractivity contribution in [3.05, 3.63) is 102 Å².